The summed E-state index contributed by atoms with van der Waals surface area (Å²) in [5, 5.41) is 11.6. The molecule has 1 aromatic rings. The number of benzene rings is 1. The first-order valence-electron chi connectivity index (χ1n) is 9.32. The highest BCUT2D eigenvalue weighted by Crippen LogP contribution is 2.10. The second-order valence-corrected chi connectivity index (χ2v) is 8.03. The van der Waals surface area contributed by atoms with Gasteiger partial charge in [-0.2, -0.15) is 0 Å². The number of guanidine groups is 1. The Hall–Kier alpha value is -2.13. The fraction of sp³-hybridized carbons (Fsp3) is 0.556. The van der Waals surface area contributed by atoms with Gasteiger partial charge in [0.1, 0.15) is 0 Å². The second kappa shape index (κ2) is 10.3. The third-order valence-electron chi connectivity index (χ3n) is 4.33. The van der Waals surface area contributed by atoms with Crippen molar-refractivity contribution in [3.8, 4) is 0 Å². The average molecular weight is 396 g/mol. The van der Waals surface area contributed by atoms with Crippen LogP contribution in [0.15, 0.2) is 34.2 Å². The van der Waals surface area contributed by atoms with Crippen LogP contribution in [0.5, 0.6) is 0 Å². The zero-order chi connectivity index (χ0) is 19.7. The normalized spacial score (nSPS) is 15.3. The summed E-state index contributed by atoms with van der Waals surface area (Å²) in [5.74, 6) is 0.990. The number of likely N-dealkylation sites (tertiary alicyclic amines) is 1. The number of nitrogens with one attached hydrogen (secondary N) is 2. The van der Waals surface area contributed by atoms with Gasteiger partial charge in [0.25, 0.3) is 0 Å². The van der Waals surface area contributed by atoms with Crippen molar-refractivity contribution < 1.29 is 13.2 Å². The lowest BCUT2D eigenvalue weighted by atomic mass is 10.1. The van der Waals surface area contributed by atoms with E-state index in [0.717, 1.165) is 50.4 Å². The Morgan fingerprint density at radius 3 is 2.59 bits per heavy atom. The van der Waals surface area contributed by atoms with Gasteiger partial charge in [-0.25, -0.2) is 13.6 Å². The van der Waals surface area contributed by atoms with Gasteiger partial charge in [-0.15, -0.1) is 0 Å². The molecular weight excluding hydrogens is 366 g/mol. The molecule has 0 aliphatic carbocycles. The number of hydrogen-bond acceptors (Lipinski definition) is 4. The number of sulfonamides is 1. The quantitative estimate of drug-likeness (QED) is 0.319. The van der Waals surface area contributed by atoms with Crippen molar-refractivity contribution in [1.82, 2.24) is 15.5 Å². The summed E-state index contributed by atoms with van der Waals surface area (Å²) in [6.07, 6.45) is 3.21. The molecule has 1 heterocycles. The average Bonchev–Trinajstić information content (AvgIpc) is 3.03. The van der Waals surface area contributed by atoms with Crippen molar-refractivity contribution in [3.05, 3.63) is 29.8 Å². The highest BCUT2D eigenvalue weighted by atomic mass is 32.2. The lowest BCUT2D eigenvalue weighted by Crippen LogP contribution is -2.38. The predicted molar refractivity (Wildman–Crippen MR) is 106 cm³/mol. The van der Waals surface area contributed by atoms with Gasteiger partial charge >= 0.3 is 0 Å². The van der Waals surface area contributed by atoms with Gasteiger partial charge in [0.2, 0.25) is 15.9 Å². The molecule has 1 aromatic carbocycles. The maximum Gasteiger partial charge on any atom is 0.238 e. The minimum absolute atomic E-state index is 0.116. The van der Waals surface area contributed by atoms with Crippen LogP contribution < -0.4 is 15.8 Å². The van der Waals surface area contributed by atoms with Crippen LogP contribution in [-0.2, 0) is 21.2 Å². The molecule has 1 aliphatic rings. The maximum atomic E-state index is 11.6. The second-order valence-electron chi connectivity index (χ2n) is 6.46. The first-order chi connectivity index (χ1) is 12.9. The molecule has 0 unspecified atom stereocenters. The Kier molecular flexibility index (Phi) is 8.05. The summed E-state index contributed by atoms with van der Waals surface area (Å²) >= 11 is 0. The predicted octanol–water partition coefficient (Wildman–Crippen LogP) is 0.444. The molecule has 0 aromatic heterocycles. The van der Waals surface area contributed by atoms with E-state index in [1.165, 1.54) is 12.1 Å². The van der Waals surface area contributed by atoms with Crippen LogP contribution in [0.1, 0.15) is 31.7 Å². The summed E-state index contributed by atoms with van der Waals surface area (Å²) in [4.78, 5) is 18.1. The monoisotopic (exact) mass is 395 g/mol. The molecule has 4 N–H and O–H groups in total. The molecule has 9 heteroatoms. The van der Waals surface area contributed by atoms with E-state index in [4.69, 9.17) is 5.14 Å². The molecule has 1 amide bonds. The molecule has 0 radical (unpaired) electrons. The lowest BCUT2D eigenvalue weighted by molar-refractivity contribution is -0.127. The molecule has 0 bridgehead atoms. The summed E-state index contributed by atoms with van der Waals surface area (Å²) in [6.45, 7) is 5.72. The van der Waals surface area contributed by atoms with Crippen LogP contribution in [0.4, 0.5) is 0 Å². The molecule has 2 rings (SSSR count). The summed E-state index contributed by atoms with van der Waals surface area (Å²) in [6, 6.07) is 6.56. The molecular formula is C18H29N5O3S. The number of carbonyl (C=O) groups excluding carboxylic acids is 1. The Morgan fingerprint density at radius 2 is 2.00 bits per heavy atom. The van der Waals surface area contributed by atoms with Gasteiger partial charge in [-0.3, -0.25) is 9.79 Å². The molecule has 150 valence electrons. The fourth-order valence-electron chi connectivity index (χ4n) is 2.91. The Bertz CT molecular complexity index is 747. The first-order valence-corrected chi connectivity index (χ1v) is 10.9. The molecule has 8 nitrogen and oxygen atoms in total. The van der Waals surface area contributed by atoms with Crippen molar-refractivity contribution in [2.45, 2.75) is 37.5 Å². The minimum Gasteiger partial charge on any atom is -0.357 e. The number of aliphatic imine (C=N–C) groups is 1. The Morgan fingerprint density at radius 1 is 1.26 bits per heavy atom. The number of nitrogens with zero attached hydrogens (tertiary/aromatic N) is 2. The highest BCUT2D eigenvalue weighted by Gasteiger charge is 2.18. The summed E-state index contributed by atoms with van der Waals surface area (Å²) in [5.41, 5.74) is 1.01. The van der Waals surface area contributed by atoms with E-state index in [9.17, 15) is 13.2 Å². The number of amides is 1. The van der Waals surface area contributed by atoms with Gasteiger partial charge in [0, 0.05) is 39.1 Å². The van der Waals surface area contributed by atoms with Crippen molar-refractivity contribution >= 4 is 21.9 Å². The molecule has 0 atom stereocenters. The molecule has 1 aliphatic heterocycles. The van der Waals surface area contributed by atoms with Crippen molar-refractivity contribution in [1.29, 1.82) is 0 Å². The van der Waals surface area contributed by atoms with Crippen molar-refractivity contribution in [2.24, 2.45) is 10.1 Å². The minimum atomic E-state index is -3.65. The van der Waals surface area contributed by atoms with E-state index < -0.39 is 10.0 Å². The highest BCUT2D eigenvalue weighted by molar-refractivity contribution is 7.89. The van der Waals surface area contributed by atoms with Crippen LogP contribution >= 0.6 is 0 Å². The van der Waals surface area contributed by atoms with Gasteiger partial charge in [0.15, 0.2) is 5.96 Å². The number of primary sulfonamides is 1. The largest absolute Gasteiger partial charge is 0.357 e. The third-order valence-corrected chi connectivity index (χ3v) is 5.26. The third kappa shape index (κ3) is 7.18. The summed E-state index contributed by atoms with van der Waals surface area (Å²) < 4.78 is 22.5. The van der Waals surface area contributed by atoms with Crippen LogP contribution in [-0.4, -0.2) is 57.9 Å². The van der Waals surface area contributed by atoms with E-state index in [-0.39, 0.29) is 10.8 Å². The maximum absolute atomic E-state index is 11.6. The SMILES string of the molecule is CCNC(=NCCCN1CCCC1=O)NCCc1ccc(S(N)(=O)=O)cc1. The Labute approximate surface area is 161 Å². The van der Waals surface area contributed by atoms with Crippen LogP contribution in [0, 0.1) is 0 Å². The molecule has 0 spiro atoms. The smallest absolute Gasteiger partial charge is 0.238 e. The van der Waals surface area contributed by atoms with Gasteiger partial charge in [-0.05, 0) is 43.9 Å². The van der Waals surface area contributed by atoms with E-state index in [1.54, 1.807) is 12.1 Å². The van der Waals surface area contributed by atoms with E-state index in [2.05, 4.69) is 15.6 Å². The van der Waals surface area contributed by atoms with E-state index >= 15 is 0 Å². The zero-order valence-corrected chi connectivity index (χ0v) is 16.6. The van der Waals surface area contributed by atoms with Crippen LogP contribution in [0.2, 0.25) is 0 Å². The van der Waals surface area contributed by atoms with E-state index in [1.807, 2.05) is 11.8 Å². The number of nitrogens with two attached hydrogens (primary N) is 1. The van der Waals surface area contributed by atoms with Crippen LogP contribution in [0.3, 0.4) is 0 Å². The topological polar surface area (TPSA) is 117 Å². The number of hydrogen-bond donors (Lipinski definition) is 3. The molecule has 1 saturated heterocycles. The number of rotatable bonds is 9. The van der Waals surface area contributed by atoms with Crippen molar-refractivity contribution in [2.75, 3.05) is 32.7 Å². The van der Waals surface area contributed by atoms with Crippen molar-refractivity contribution in [3.63, 3.8) is 0 Å². The lowest BCUT2D eigenvalue weighted by Gasteiger charge is -2.15. The van der Waals surface area contributed by atoms with Gasteiger partial charge in [0.05, 0.1) is 4.90 Å². The number of carbonyl (C=O) groups is 1. The van der Waals surface area contributed by atoms with Gasteiger partial charge < -0.3 is 15.5 Å². The standard InChI is InChI=1S/C18H29N5O3S/c1-2-20-18(21-11-4-14-23-13-3-5-17(23)24)22-12-10-15-6-8-16(9-7-15)27(19,25)26/h6-9H,2-5,10-14H2,1H3,(H2,19,25,26)(H2,20,21,22). The molecule has 1 fully saturated rings. The first kappa shape index (κ1) is 21.2. The van der Waals surface area contributed by atoms with Gasteiger partial charge in [-0.1, -0.05) is 12.1 Å². The Balaban J connectivity index is 1.75. The summed E-state index contributed by atoms with van der Waals surface area (Å²) in [7, 11) is -3.65. The fourth-order valence-corrected chi connectivity index (χ4v) is 3.42. The zero-order valence-electron chi connectivity index (χ0n) is 15.8. The molecule has 0 saturated carbocycles. The van der Waals surface area contributed by atoms with E-state index in [0.29, 0.717) is 19.5 Å². The van der Waals surface area contributed by atoms with Crippen LogP contribution in [0.25, 0.3) is 0 Å². The molecule has 27 heavy (non-hydrogen) atoms.